The monoisotopic (exact) mass is 296 g/mol. The minimum atomic E-state index is -0.824. The Kier molecular flexibility index (Phi) is 4.24. The second-order valence-corrected chi connectivity index (χ2v) is 6.28. The number of hydrogen-bond acceptors (Lipinski definition) is 3. The molecule has 1 heterocycles. The maximum Gasteiger partial charge on any atom is 0.163 e. The van der Waals surface area contributed by atoms with Gasteiger partial charge >= 0.3 is 0 Å². The number of nitrogens with one attached hydrogen (secondary N) is 1. The van der Waals surface area contributed by atoms with Gasteiger partial charge in [0.05, 0.1) is 11.6 Å². The largest absolute Gasteiger partial charge is 0.375 e. The van der Waals surface area contributed by atoms with Gasteiger partial charge in [0, 0.05) is 12.2 Å². The molecule has 3 rings (SSSR count). The number of rotatable bonds is 3. The zero-order valence-electron chi connectivity index (χ0n) is 12.1. The zero-order valence-corrected chi connectivity index (χ0v) is 12.1. The fourth-order valence-electron chi connectivity index (χ4n) is 3.96. The SMILES string of the molecule is NNC(c1cccc(F)c1F)C1CCOC2(CCCC2)C1. The van der Waals surface area contributed by atoms with Crippen LogP contribution in [0.25, 0.3) is 0 Å². The molecular weight excluding hydrogens is 274 g/mol. The van der Waals surface area contributed by atoms with E-state index in [0.717, 1.165) is 31.7 Å². The lowest BCUT2D eigenvalue weighted by Gasteiger charge is -2.41. The van der Waals surface area contributed by atoms with E-state index in [1.165, 1.54) is 18.9 Å². The van der Waals surface area contributed by atoms with E-state index in [1.54, 1.807) is 6.07 Å². The van der Waals surface area contributed by atoms with E-state index in [9.17, 15) is 8.78 Å². The smallest absolute Gasteiger partial charge is 0.163 e. The van der Waals surface area contributed by atoms with Crippen molar-refractivity contribution in [3.63, 3.8) is 0 Å². The van der Waals surface area contributed by atoms with Crippen LogP contribution in [0.4, 0.5) is 8.78 Å². The topological polar surface area (TPSA) is 47.3 Å². The molecule has 0 amide bonds. The van der Waals surface area contributed by atoms with Crippen molar-refractivity contribution in [2.45, 2.75) is 50.2 Å². The highest BCUT2D eigenvalue weighted by Gasteiger charge is 2.42. The van der Waals surface area contributed by atoms with Crippen molar-refractivity contribution in [1.29, 1.82) is 0 Å². The molecule has 0 radical (unpaired) electrons. The second kappa shape index (κ2) is 5.99. The molecule has 5 heteroatoms. The predicted octanol–water partition coefficient (Wildman–Crippen LogP) is 3.21. The quantitative estimate of drug-likeness (QED) is 0.665. The van der Waals surface area contributed by atoms with E-state index in [1.807, 2.05) is 0 Å². The Labute approximate surface area is 123 Å². The summed E-state index contributed by atoms with van der Waals surface area (Å²) < 4.78 is 33.5. The fourth-order valence-corrected chi connectivity index (χ4v) is 3.96. The van der Waals surface area contributed by atoms with Gasteiger partial charge in [0.1, 0.15) is 0 Å². The van der Waals surface area contributed by atoms with Crippen molar-refractivity contribution in [2.24, 2.45) is 11.8 Å². The van der Waals surface area contributed by atoms with Crippen LogP contribution in [-0.4, -0.2) is 12.2 Å². The molecule has 116 valence electrons. The summed E-state index contributed by atoms with van der Waals surface area (Å²) in [4.78, 5) is 0. The number of ether oxygens (including phenoxy) is 1. The van der Waals surface area contributed by atoms with Crippen LogP contribution >= 0.6 is 0 Å². The molecular formula is C16H22F2N2O. The van der Waals surface area contributed by atoms with Gasteiger partial charge in [-0.25, -0.2) is 8.78 Å². The number of halogens is 2. The third-order valence-electron chi connectivity index (χ3n) is 5.01. The summed E-state index contributed by atoms with van der Waals surface area (Å²) in [5, 5.41) is 0. The van der Waals surface area contributed by atoms with E-state index < -0.39 is 11.6 Å². The minimum absolute atomic E-state index is 0.0676. The van der Waals surface area contributed by atoms with Crippen LogP contribution < -0.4 is 11.3 Å². The molecule has 0 aromatic heterocycles. The van der Waals surface area contributed by atoms with Gasteiger partial charge in [-0.3, -0.25) is 11.3 Å². The van der Waals surface area contributed by atoms with Crippen molar-refractivity contribution in [3.05, 3.63) is 35.4 Å². The molecule has 1 spiro atoms. The average molecular weight is 296 g/mol. The van der Waals surface area contributed by atoms with Gasteiger partial charge in [-0.05, 0) is 37.7 Å². The second-order valence-electron chi connectivity index (χ2n) is 6.28. The molecule has 3 N–H and O–H groups in total. The number of benzene rings is 1. The Morgan fingerprint density at radius 1 is 1.29 bits per heavy atom. The van der Waals surface area contributed by atoms with Crippen LogP contribution in [0.5, 0.6) is 0 Å². The molecule has 1 saturated heterocycles. The van der Waals surface area contributed by atoms with Crippen LogP contribution in [0.2, 0.25) is 0 Å². The zero-order chi connectivity index (χ0) is 14.9. The van der Waals surface area contributed by atoms with Crippen molar-refractivity contribution >= 4 is 0 Å². The third-order valence-corrected chi connectivity index (χ3v) is 5.01. The van der Waals surface area contributed by atoms with Crippen LogP contribution in [0, 0.1) is 17.6 Å². The molecule has 2 unspecified atom stereocenters. The normalized spacial score (nSPS) is 26.1. The molecule has 3 nitrogen and oxygen atoms in total. The Bertz CT molecular complexity index is 503. The predicted molar refractivity (Wildman–Crippen MR) is 76.3 cm³/mol. The summed E-state index contributed by atoms with van der Waals surface area (Å²) in [6.45, 7) is 0.666. The van der Waals surface area contributed by atoms with Gasteiger partial charge in [0.2, 0.25) is 0 Å². The highest BCUT2D eigenvalue weighted by Crippen LogP contribution is 2.45. The van der Waals surface area contributed by atoms with Crippen LogP contribution in [0.3, 0.4) is 0 Å². The van der Waals surface area contributed by atoms with Crippen molar-refractivity contribution < 1.29 is 13.5 Å². The first-order valence-corrected chi connectivity index (χ1v) is 7.69. The summed E-state index contributed by atoms with van der Waals surface area (Å²) in [6, 6.07) is 3.90. The molecule has 2 atom stereocenters. The molecule has 1 aliphatic carbocycles. The Morgan fingerprint density at radius 2 is 2.05 bits per heavy atom. The van der Waals surface area contributed by atoms with Gasteiger partial charge in [-0.15, -0.1) is 0 Å². The summed E-state index contributed by atoms with van der Waals surface area (Å²) >= 11 is 0. The first-order valence-electron chi connectivity index (χ1n) is 7.69. The molecule has 2 fully saturated rings. The first kappa shape index (κ1) is 14.9. The molecule has 2 aliphatic rings. The van der Waals surface area contributed by atoms with Crippen molar-refractivity contribution in [1.82, 2.24) is 5.43 Å². The molecule has 1 aromatic carbocycles. The van der Waals surface area contributed by atoms with Crippen molar-refractivity contribution in [2.75, 3.05) is 6.61 Å². The highest BCUT2D eigenvalue weighted by molar-refractivity contribution is 5.23. The standard InChI is InChI=1S/C16H22F2N2O/c17-13-5-3-4-12(14(13)18)15(20-19)11-6-9-21-16(10-11)7-1-2-8-16/h3-5,11,15,20H,1-2,6-10,19H2. The van der Waals surface area contributed by atoms with Crippen LogP contribution in [0.1, 0.15) is 50.1 Å². The van der Waals surface area contributed by atoms with Gasteiger partial charge < -0.3 is 4.74 Å². The van der Waals surface area contributed by atoms with Crippen LogP contribution in [-0.2, 0) is 4.74 Å². The number of hydrogen-bond donors (Lipinski definition) is 2. The third kappa shape index (κ3) is 2.82. The van der Waals surface area contributed by atoms with Crippen molar-refractivity contribution in [3.8, 4) is 0 Å². The Morgan fingerprint density at radius 3 is 2.76 bits per heavy atom. The summed E-state index contributed by atoms with van der Waals surface area (Å²) in [5.41, 5.74) is 2.95. The van der Waals surface area contributed by atoms with Crippen LogP contribution in [0.15, 0.2) is 18.2 Å². The molecule has 1 saturated carbocycles. The highest BCUT2D eigenvalue weighted by atomic mass is 19.2. The molecule has 0 bridgehead atoms. The Hall–Kier alpha value is -1.04. The summed E-state index contributed by atoms with van der Waals surface area (Å²) in [7, 11) is 0. The van der Waals surface area contributed by atoms with Gasteiger partial charge in [0.25, 0.3) is 0 Å². The lowest BCUT2D eigenvalue weighted by molar-refractivity contribution is -0.0984. The first-order chi connectivity index (χ1) is 10.2. The summed E-state index contributed by atoms with van der Waals surface area (Å²) in [5.74, 6) is 4.20. The van der Waals surface area contributed by atoms with E-state index in [4.69, 9.17) is 10.6 Å². The lowest BCUT2D eigenvalue weighted by atomic mass is 9.78. The van der Waals surface area contributed by atoms with E-state index in [0.29, 0.717) is 12.2 Å². The minimum Gasteiger partial charge on any atom is -0.375 e. The molecule has 21 heavy (non-hydrogen) atoms. The molecule has 1 aliphatic heterocycles. The van der Waals surface area contributed by atoms with Gasteiger partial charge in [-0.1, -0.05) is 25.0 Å². The number of nitrogens with two attached hydrogens (primary N) is 1. The van der Waals surface area contributed by atoms with Gasteiger partial charge in [-0.2, -0.15) is 0 Å². The maximum atomic E-state index is 14.1. The maximum absolute atomic E-state index is 14.1. The lowest BCUT2D eigenvalue weighted by Crippen LogP contribution is -2.43. The summed E-state index contributed by atoms with van der Waals surface area (Å²) in [6.07, 6.45) is 6.16. The number of hydrazine groups is 1. The van der Waals surface area contributed by atoms with E-state index in [2.05, 4.69) is 5.43 Å². The van der Waals surface area contributed by atoms with Gasteiger partial charge in [0.15, 0.2) is 11.6 Å². The van der Waals surface area contributed by atoms with E-state index in [-0.39, 0.29) is 17.6 Å². The Balaban J connectivity index is 1.84. The average Bonchev–Trinajstić information content (AvgIpc) is 2.92. The van der Waals surface area contributed by atoms with E-state index >= 15 is 0 Å². The molecule has 1 aromatic rings. The fraction of sp³-hybridized carbons (Fsp3) is 0.625.